The predicted molar refractivity (Wildman–Crippen MR) is 82.9 cm³/mol. The van der Waals surface area contributed by atoms with Crippen molar-refractivity contribution in [2.45, 2.75) is 6.54 Å². The van der Waals surface area contributed by atoms with Crippen molar-refractivity contribution in [3.8, 4) is 5.75 Å². The first kappa shape index (κ1) is 14.9. The minimum Gasteiger partial charge on any atom is -0.495 e. The number of nitrogens with zero attached hydrogens (tertiary/aromatic N) is 1. The second-order valence-corrected chi connectivity index (χ2v) is 4.68. The first-order chi connectivity index (χ1) is 10.2. The number of para-hydroxylation sites is 2. The van der Waals surface area contributed by atoms with E-state index in [1.54, 1.807) is 13.2 Å². The van der Waals surface area contributed by atoms with Gasteiger partial charge in [0.15, 0.2) is 0 Å². The van der Waals surface area contributed by atoms with E-state index < -0.39 is 0 Å². The van der Waals surface area contributed by atoms with Crippen molar-refractivity contribution >= 4 is 11.7 Å². The van der Waals surface area contributed by atoms with Gasteiger partial charge >= 0.3 is 5.97 Å². The molecule has 0 aliphatic carbocycles. The van der Waals surface area contributed by atoms with Gasteiger partial charge in [-0.3, -0.25) is 0 Å². The molecule has 0 aromatic heterocycles. The average Bonchev–Trinajstić information content (AvgIpc) is 2.54. The number of carbonyl (C=O) groups excluding carboxylic acids is 1. The van der Waals surface area contributed by atoms with Crippen molar-refractivity contribution in [2.75, 3.05) is 26.2 Å². The molecular weight excluding hydrogens is 266 g/mol. The average molecular weight is 285 g/mol. The molecular formula is C17H19NO3. The minimum absolute atomic E-state index is 0.320. The summed E-state index contributed by atoms with van der Waals surface area (Å²) in [5, 5.41) is 0. The molecule has 0 saturated carbocycles. The molecule has 0 radical (unpaired) electrons. The Bertz CT molecular complexity index is 625. The second kappa shape index (κ2) is 6.79. The van der Waals surface area contributed by atoms with Gasteiger partial charge in [-0.2, -0.15) is 0 Å². The quantitative estimate of drug-likeness (QED) is 0.791. The maximum atomic E-state index is 11.8. The Balaban J connectivity index is 2.28. The number of rotatable bonds is 5. The molecule has 0 unspecified atom stereocenters. The smallest absolute Gasteiger partial charge is 0.338 e. The zero-order chi connectivity index (χ0) is 15.2. The number of benzene rings is 2. The zero-order valence-corrected chi connectivity index (χ0v) is 12.5. The number of anilines is 1. The molecule has 0 amide bonds. The van der Waals surface area contributed by atoms with E-state index in [9.17, 15) is 4.79 Å². The van der Waals surface area contributed by atoms with Gasteiger partial charge in [0, 0.05) is 13.6 Å². The summed E-state index contributed by atoms with van der Waals surface area (Å²) in [6.07, 6.45) is 0. The molecule has 0 saturated heterocycles. The van der Waals surface area contributed by atoms with Gasteiger partial charge in [-0.1, -0.05) is 30.3 Å². The third kappa shape index (κ3) is 3.34. The highest BCUT2D eigenvalue weighted by atomic mass is 16.5. The molecule has 0 aliphatic heterocycles. The maximum absolute atomic E-state index is 11.8. The van der Waals surface area contributed by atoms with Crippen LogP contribution in [-0.2, 0) is 11.3 Å². The summed E-state index contributed by atoms with van der Waals surface area (Å²) in [5.41, 5.74) is 2.47. The van der Waals surface area contributed by atoms with E-state index in [4.69, 9.17) is 9.47 Å². The van der Waals surface area contributed by atoms with Gasteiger partial charge in [-0.15, -0.1) is 0 Å². The molecule has 0 N–H and O–H groups in total. The van der Waals surface area contributed by atoms with E-state index in [-0.39, 0.29) is 5.97 Å². The standard InChI is InChI=1S/C17H19NO3/c1-18(15-10-6-7-11-16(15)20-2)12-13-8-4-5-9-14(13)17(19)21-3/h4-11H,12H2,1-3H3. The fourth-order valence-electron chi connectivity index (χ4n) is 2.25. The van der Waals surface area contributed by atoms with Crippen molar-refractivity contribution in [1.29, 1.82) is 0 Å². The summed E-state index contributed by atoms with van der Waals surface area (Å²) in [6.45, 7) is 0.589. The summed E-state index contributed by atoms with van der Waals surface area (Å²) >= 11 is 0. The lowest BCUT2D eigenvalue weighted by molar-refractivity contribution is 0.0599. The Kier molecular flexibility index (Phi) is 4.82. The van der Waals surface area contributed by atoms with E-state index in [1.807, 2.05) is 54.4 Å². The van der Waals surface area contributed by atoms with E-state index in [0.717, 1.165) is 17.0 Å². The molecule has 21 heavy (non-hydrogen) atoms. The molecule has 110 valence electrons. The first-order valence-electron chi connectivity index (χ1n) is 6.67. The number of carbonyl (C=O) groups is 1. The van der Waals surface area contributed by atoms with E-state index in [2.05, 4.69) is 0 Å². The largest absolute Gasteiger partial charge is 0.495 e. The van der Waals surface area contributed by atoms with Crippen LogP contribution in [0.1, 0.15) is 15.9 Å². The van der Waals surface area contributed by atoms with Crippen LogP contribution in [0, 0.1) is 0 Å². The molecule has 4 nitrogen and oxygen atoms in total. The van der Waals surface area contributed by atoms with Gasteiger partial charge in [0.25, 0.3) is 0 Å². The van der Waals surface area contributed by atoms with Gasteiger partial charge in [0.1, 0.15) is 5.75 Å². The van der Waals surface area contributed by atoms with Crippen LogP contribution in [0.5, 0.6) is 5.75 Å². The predicted octanol–water partition coefficient (Wildman–Crippen LogP) is 3.12. The lowest BCUT2D eigenvalue weighted by Gasteiger charge is -2.22. The van der Waals surface area contributed by atoms with Gasteiger partial charge < -0.3 is 14.4 Å². The van der Waals surface area contributed by atoms with E-state index >= 15 is 0 Å². The number of ether oxygens (including phenoxy) is 2. The van der Waals surface area contributed by atoms with Crippen molar-refractivity contribution in [1.82, 2.24) is 0 Å². The summed E-state index contributed by atoms with van der Waals surface area (Å²) < 4.78 is 10.2. The van der Waals surface area contributed by atoms with Gasteiger partial charge in [0.2, 0.25) is 0 Å². The number of hydrogen-bond donors (Lipinski definition) is 0. The van der Waals surface area contributed by atoms with Crippen molar-refractivity contribution in [2.24, 2.45) is 0 Å². The third-order valence-electron chi connectivity index (χ3n) is 3.33. The Hall–Kier alpha value is -2.49. The fraction of sp³-hybridized carbons (Fsp3) is 0.235. The Morgan fingerprint density at radius 1 is 1.05 bits per heavy atom. The van der Waals surface area contributed by atoms with Crippen LogP contribution in [-0.4, -0.2) is 27.2 Å². The summed E-state index contributed by atoms with van der Waals surface area (Å²) in [5.74, 6) is 0.481. The topological polar surface area (TPSA) is 38.8 Å². The first-order valence-corrected chi connectivity index (χ1v) is 6.67. The number of hydrogen-bond acceptors (Lipinski definition) is 4. The van der Waals surface area contributed by atoms with Crippen LogP contribution in [0.15, 0.2) is 48.5 Å². The number of methoxy groups -OCH3 is 2. The SMILES string of the molecule is COC(=O)c1ccccc1CN(C)c1ccccc1OC. The van der Waals surface area contributed by atoms with Gasteiger partial charge in [-0.25, -0.2) is 4.79 Å². The highest BCUT2D eigenvalue weighted by Crippen LogP contribution is 2.28. The van der Waals surface area contributed by atoms with Crippen LogP contribution < -0.4 is 9.64 Å². The molecule has 0 fully saturated rings. The van der Waals surface area contributed by atoms with Crippen molar-refractivity contribution in [3.63, 3.8) is 0 Å². The van der Waals surface area contributed by atoms with Crippen molar-refractivity contribution in [3.05, 3.63) is 59.7 Å². The van der Waals surface area contributed by atoms with E-state index in [1.165, 1.54) is 7.11 Å². The van der Waals surface area contributed by atoms with Gasteiger partial charge in [-0.05, 0) is 23.8 Å². The fourth-order valence-corrected chi connectivity index (χ4v) is 2.25. The summed E-state index contributed by atoms with van der Waals surface area (Å²) in [6, 6.07) is 15.2. The van der Waals surface area contributed by atoms with Crippen LogP contribution in [0.2, 0.25) is 0 Å². The molecule has 0 atom stereocenters. The molecule has 0 bridgehead atoms. The normalized spacial score (nSPS) is 10.0. The molecule has 0 heterocycles. The van der Waals surface area contributed by atoms with Gasteiger partial charge in [0.05, 0.1) is 25.5 Å². The highest BCUT2D eigenvalue weighted by Gasteiger charge is 2.14. The Labute approximate surface area is 124 Å². The lowest BCUT2D eigenvalue weighted by Crippen LogP contribution is -2.19. The Morgan fingerprint density at radius 3 is 2.43 bits per heavy atom. The zero-order valence-electron chi connectivity index (χ0n) is 12.5. The molecule has 0 spiro atoms. The summed E-state index contributed by atoms with van der Waals surface area (Å²) in [7, 11) is 5.00. The second-order valence-electron chi connectivity index (χ2n) is 4.68. The van der Waals surface area contributed by atoms with Crippen LogP contribution in [0.3, 0.4) is 0 Å². The highest BCUT2D eigenvalue weighted by molar-refractivity contribution is 5.91. The van der Waals surface area contributed by atoms with Crippen molar-refractivity contribution < 1.29 is 14.3 Å². The Morgan fingerprint density at radius 2 is 1.71 bits per heavy atom. The molecule has 2 aromatic carbocycles. The number of esters is 1. The molecule has 4 heteroatoms. The third-order valence-corrected chi connectivity index (χ3v) is 3.33. The molecule has 2 rings (SSSR count). The monoisotopic (exact) mass is 285 g/mol. The maximum Gasteiger partial charge on any atom is 0.338 e. The summed E-state index contributed by atoms with van der Waals surface area (Å²) in [4.78, 5) is 13.9. The van der Waals surface area contributed by atoms with Crippen LogP contribution >= 0.6 is 0 Å². The minimum atomic E-state index is -0.320. The van der Waals surface area contributed by atoms with Crippen LogP contribution in [0.4, 0.5) is 5.69 Å². The lowest BCUT2D eigenvalue weighted by atomic mass is 10.1. The molecule has 2 aromatic rings. The van der Waals surface area contributed by atoms with E-state index in [0.29, 0.717) is 12.1 Å². The molecule has 0 aliphatic rings. The van der Waals surface area contributed by atoms with Crippen LogP contribution in [0.25, 0.3) is 0 Å².